The van der Waals surface area contributed by atoms with E-state index < -0.39 is 17.9 Å². The van der Waals surface area contributed by atoms with Gasteiger partial charge in [0.25, 0.3) is 0 Å². The molecule has 0 bridgehead atoms. The zero-order valence-electron chi connectivity index (χ0n) is 21.3. The lowest BCUT2D eigenvalue weighted by molar-refractivity contribution is -0.484. The highest BCUT2D eigenvalue weighted by Crippen LogP contribution is 2.56. The fraction of sp³-hybridized carbons (Fsp3) is 0.156. The number of aromatic nitrogens is 1. The van der Waals surface area contributed by atoms with Crippen molar-refractivity contribution in [1.29, 1.82) is 0 Å². The summed E-state index contributed by atoms with van der Waals surface area (Å²) >= 11 is 3.50. The van der Waals surface area contributed by atoms with E-state index in [0.717, 1.165) is 43.3 Å². The number of carbonyl (C=O) groups is 1. The molecular weight excluding hydrogens is 554 g/mol. The molecule has 6 nitrogen and oxygen atoms in total. The highest BCUT2D eigenvalue weighted by Gasteiger charge is 2.59. The van der Waals surface area contributed by atoms with Crippen LogP contribution >= 0.6 is 15.9 Å². The number of benzene rings is 4. The third kappa shape index (κ3) is 4.05. The van der Waals surface area contributed by atoms with Crippen molar-refractivity contribution in [1.82, 2.24) is 4.57 Å². The average molecular weight is 580 g/mol. The summed E-state index contributed by atoms with van der Waals surface area (Å²) in [5.74, 6) is -0.903. The Morgan fingerprint density at radius 3 is 2.28 bits per heavy atom. The summed E-state index contributed by atoms with van der Waals surface area (Å²) in [4.78, 5) is 28.9. The molecule has 7 heteroatoms. The summed E-state index contributed by atoms with van der Waals surface area (Å²) in [7, 11) is 1.95. The van der Waals surface area contributed by atoms with E-state index in [9.17, 15) is 10.1 Å². The van der Waals surface area contributed by atoms with Crippen LogP contribution in [-0.4, -0.2) is 21.9 Å². The fourth-order valence-electron chi connectivity index (χ4n) is 6.18. The first-order valence-electron chi connectivity index (χ1n) is 12.8. The lowest BCUT2D eigenvalue weighted by Crippen LogP contribution is -2.47. The molecule has 0 spiro atoms. The third-order valence-corrected chi connectivity index (χ3v) is 8.36. The molecule has 0 fully saturated rings. The number of halogens is 1. The average Bonchev–Trinajstić information content (AvgIpc) is 3.41. The summed E-state index contributed by atoms with van der Waals surface area (Å²) in [6.45, 7) is -0.0289. The monoisotopic (exact) mass is 579 g/mol. The van der Waals surface area contributed by atoms with Crippen LogP contribution in [0.1, 0.15) is 28.2 Å². The molecule has 6 rings (SSSR count). The van der Waals surface area contributed by atoms with Crippen LogP contribution in [0, 0.1) is 10.1 Å². The molecule has 2 atom stereocenters. The van der Waals surface area contributed by atoms with Gasteiger partial charge in [-0.1, -0.05) is 94.8 Å². The summed E-state index contributed by atoms with van der Waals surface area (Å²) < 4.78 is 2.88. The number of rotatable bonds is 7. The maximum absolute atomic E-state index is 15.1. The van der Waals surface area contributed by atoms with Gasteiger partial charge in [0.2, 0.25) is 12.5 Å². The zero-order valence-corrected chi connectivity index (χ0v) is 22.9. The number of anilines is 1. The zero-order chi connectivity index (χ0) is 27.1. The Morgan fingerprint density at radius 1 is 0.872 bits per heavy atom. The molecule has 194 valence electrons. The van der Waals surface area contributed by atoms with Crippen molar-refractivity contribution < 1.29 is 9.72 Å². The van der Waals surface area contributed by atoms with Crippen molar-refractivity contribution in [3.05, 3.63) is 146 Å². The molecule has 0 unspecified atom stereocenters. The summed E-state index contributed by atoms with van der Waals surface area (Å²) in [6, 6.07) is 33.1. The second kappa shape index (κ2) is 9.82. The molecule has 1 aromatic heterocycles. The van der Waals surface area contributed by atoms with E-state index in [1.165, 1.54) is 0 Å². The third-order valence-electron chi connectivity index (χ3n) is 7.83. The first-order valence-corrected chi connectivity index (χ1v) is 13.6. The van der Waals surface area contributed by atoms with E-state index in [2.05, 4.69) is 15.9 Å². The van der Waals surface area contributed by atoms with Crippen LogP contribution < -0.4 is 4.90 Å². The number of hydrogen-bond donors (Lipinski definition) is 0. The lowest BCUT2D eigenvalue weighted by atomic mass is 9.64. The number of fused-ring (bicyclic) bond motifs is 2. The van der Waals surface area contributed by atoms with Gasteiger partial charge in [-0.05, 0) is 46.5 Å². The molecule has 1 amide bonds. The van der Waals surface area contributed by atoms with Gasteiger partial charge in [0.05, 0.1) is 12.5 Å². The molecule has 0 radical (unpaired) electrons. The van der Waals surface area contributed by atoms with Gasteiger partial charge in [0.15, 0.2) is 0 Å². The minimum absolute atomic E-state index is 0.154. The number of hydrogen-bond acceptors (Lipinski definition) is 3. The molecule has 4 aromatic carbocycles. The van der Waals surface area contributed by atoms with Gasteiger partial charge in [0.1, 0.15) is 5.41 Å². The molecule has 1 aliphatic heterocycles. The number of amides is 1. The van der Waals surface area contributed by atoms with Crippen LogP contribution in [0.4, 0.5) is 5.69 Å². The maximum atomic E-state index is 15.1. The summed E-state index contributed by atoms with van der Waals surface area (Å²) in [5, 5.41) is 13.2. The standard InChI is InChI=1S/C32H26BrN3O3/c1-34-20-28(25-11-5-7-13-29(25)34)32(27(21-36(38)39)23-15-17-24(33)18-16-23)26-12-6-8-14-30(26)35(31(32)37)19-22-9-3-2-4-10-22/h2-18,20,27H,19,21H2,1H3/t27-,32-/m1/s1. The predicted molar refractivity (Wildman–Crippen MR) is 157 cm³/mol. The Kier molecular flexibility index (Phi) is 6.31. The van der Waals surface area contributed by atoms with Crippen molar-refractivity contribution in [2.75, 3.05) is 11.4 Å². The largest absolute Gasteiger partial charge is 0.350 e. The van der Waals surface area contributed by atoms with Crippen LogP contribution in [-0.2, 0) is 23.8 Å². The van der Waals surface area contributed by atoms with Gasteiger partial charge in [0, 0.05) is 39.2 Å². The molecule has 2 heterocycles. The SMILES string of the molecule is Cn1cc([C@@]2([C@H](C[N+](=O)[O-])c3ccc(Br)cc3)C(=O)N(Cc3ccccc3)c3ccccc32)c2ccccc21. The van der Waals surface area contributed by atoms with Gasteiger partial charge in [-0.15, -0.1) is 0 Å². The van der Waals surface area contributed by atoms with Crippen molar-refractivity contribution >= 4 is 38.4 Å². The first kappa shape index (κ1) is 25.1. The Labute approximate surface area is 234 Å². The Morgan fingerprint density at radius 2 is 1.54 bits per heavy atom. The smallest absolute Gasteiger partial charge is 0.243 e. The summed E-state index contributed by atoms with van der Waals surface area (Å²) in [5.41, 5.74) is 3.74. The van der Waals surface area contributed by atoms with Crippen LogP contribution in [0.2, 0.25) is 0 Å². The molecule has 0 aliphatic carbocycles. The lowest BCUT2D eigenvalue weighted by Gasteiger charge is -2.35. The van der Waals surface area contributed by atoms with Gasteiger partial charge >= 0.3 is 0 Å². The van der Waals surface area contributed by atoms with Crippen LogP contribution in [0.3, 0.4) is 0 Å². The second-order valence-corrected chi connectivity index (χ2v) is 10.9. The van der Waals surface area contributed by atoms with E-state index in [-0.39, 0.29) is 10.8 Å². The topological polar surface area (TPSA) is 68.4 Å². The molecule has 0 saturated heterocycles. The quantitative estimate of drug-likeness (QED) is 0.157. The molecular formula is C32H26BrN3O3. The van der Waals surface area contributed by atoms with Gasteiger partial charge < -0.3 is 9.47 Å². The van der Waals surface area contributed by atoms with Gasteiger partial charge in [-0.25, -0.2) is 0 Å². The second-order valence-electron chi connectivity index (χ2n) is 9.99. The Hall–Kier alpha value is -4.23. The summed E-state index contributed by atoms with van der Waals surface area (Å²) in [6.07, 6.45) is 1.98. The van der Waals surface area contributed by atoms with Crippen molar-refractivity contribution in [3.63, 3.8) is 0 Å². The Bertz CT molecular complexity index is 1700. The molecule has 1 aliphatic rings. The Balaban J connectivity index is 1.69. The molecule has 0 N–H and O–H groups in total. The minimum Gasteiger partial charge on any atom is -0.350 e. The van der Waals surface area contributed by atoms with Crippen molar-refractivity contribution in [2.45, 2.75) is 17.9 Å². The van der Waals surface area contributed by atoms with E-state index in [1.54, 1.807) is 4.90 Å². The molecule has 0 saturated carbocycles. The normalized spacial score (nSPS) is 17.4. The maximum Gasteiger partial charge on any atom is 0.243 e. The van der Waals surface area contributed by atoms with E-state index in [1.807, 2.05) is 121 Å². The number of nitrogens with zero attached hydrogens (tertiary/aromatic N) is 3. The van der Waals surface area contributed by atoms with E-state index in [4.69, 9.17) is 0 Å². The predicted octanol–water partition coefficient (Wildman–Crippen LogP) is 6.83. The highest BCUT2D eigenvalue weighted by molar-refractivity contribution is 9.10. The van der Waals surface area contributed by atoms with E-state index in [0.29, 0.717) is 6.54 Å². The minimum atomic E-state index is -1.31. The van der Waals surface area contributed by atoms with Crippen LogP contribution in [0.25, 0.3) is 10.9 Å². The van der Waals surface area contributed by atoms with Crippen LogP contribution in [0.5, 0.6) is 0 Å². The van der Waals surface area contributed by atoms with Gasteiger partial charge in [-0.3, -0.25) is 14.9 Å². The molecule has 5 aromatic rings. The van der Waals surface area contributed by atoms with Gasteiger partial charge in [-0.2, -0.15) is 0 Å². The molecule has 39 heavy (non-hydrogen) atoms. The number of nitro groups is 1. The number of para-hydroxylation sites is 2. The van der Waals surface area contributed by atoms with Crippen molar-refractivity contribution in [2.24, 2.45) is 7.05 Å². The number of carbonyl (C=O) groups excluding carboxylic acids is 1. The fourth-order valence-corrected chi connectivity index (χ4v) is 6.44. The highest BCUT2D eigenvalue weighted by atomic mass is 79.9. The van der Waals surface area contributed by atoms with Crippen LogP contribution in [0.15, 0.2) is 114 Å². The van der Waals surface area contributed by atoms with Crippen molar-refractivity contribution in [3.8, 4) is 0 Å². The van der Waals surface area contributed by atoms with E-state index >= 15 is 4.79 Å². The first-order chi connectivity index (χ1) is 18.9. The number of aryl methyl sites for hydroxylation is 1.